The van der Waals surface area contributed by atoms with Crippen LogP contribution in [0.1, 0.15) is 17.0 Å². The van der Waals surface area contributed by atoms with E-state index in [4.69, 9.17) is 0 Å². The van der Waals surface area contributed by atoms with Crippen molar-refractivity contribution >= 4 is 12.1 Å². The second-order valence-corrected chi connectivity index (χ2v) is 4.39. The average molecular weight is 239 g/mol. The fraction of sp³-hybridized carbons (Fsp3) is 0.133. The Kier molecular flexibility index (Phi) is 2.61. The van der Waals surface area contributed by atoms with Crippen LogP contribution in [-0.4, -0.2) is 18.1 Å². The maximum absolute atomic E-state index is 10.5. The molecule has 0 spiro atoms. The Morgan fingerprint density at radius 3 is 2.67 bits per heavy atom. The van der Waals surface area contributed by atoms with E-state index >= 15 is 0 Å². The predicted molar refractivity (Wildman–Crippen MR) is 70.5 cm³/mol. The highest BCUT2D eigenvalue weighted by Crippen LogP contribution is 2.45. The second-order valence-electron chi connectivity index (χ2n) is 4.39. The minimum absolute atomic E-state index is 0.00426. The number of nitrogens with one attached hydrogen (secondary N) is 1. The molecule has 3 nitrogen and oxygen atoms in total. The number of aliphatic hydroxyl groups excluding tert-OH is 1. The number of hydrogen-bond donors (Lipinski definition) is 2. The molecule has 0 bridgehead atoms. The number of amides is 1. The quantitative estimate of drug-likeness (QED) is 0.808. The normalized spacial score (nSPS) is 15.9. The van der Waals surface area contributed by atoms with Crippen LogP contribution in [0.3, 0.4) is 0 Å². The number of fused-ring (bicyclic) bond motifs is 3. The van der Waals surface area contributed by atoms with Gasteiger partial charge in [-0.25, -0.2) is 0 Å². The minimum atomic E-state index is 0.00426. The summed E-state index contributed by atoms with van der Waals surface area (Å²) in [6, 6.07) is 13.9. The third kappa shape index (κ3) is 1.52. The molecule has 0 aliphatic heterocycles. The molecule has 18 heavy (non-hydrogen) atoms. The third-order valence-corrected chi connectivity index (χ3v) is 3.46. The minimum Gasteiger partial charge on any atom is -0.395 e. The molecule has 1 amide bonds. The summed E-state index contributed by atoms with van der Waals surface area (Å²) in [7, 11) is 0. The van der Waals surface area contributed by atoms with Crippen LogP contribution in [0.4, 0.5) is 5.69 Å². The first kappa shape index (κ1) is 11.0. The van der Waals surface area contributed by atoms with Gasteiger partial charge >= 0.3 is 0 Å². The van der Waals surface area contributed by atoms with Gasteiger partial charge in [0.05, 0.1) is 6.61 Å². The number of aliphatic hydroxyl groups is 1. The highest BCUT2D eigenvalue weighted by Gasteiger charge is 2.27. The number of benzene rings is 2. The van der Waals surface area contributed by atoms with Crippen LogP contribution in [0.5, 0.6) is 0 Å². The first-order valence-electron chi connectivity index (χ1n) is 5.89. The Bertz CT molecular complexity index is 607. The van der Waals surface area contributed by atoms with E-state index < -0.39 is 0 Å². The highest BCUT2D eigenvalue weighted by atomic mass is 16.3. The van der Waals surface area contributed by atoms with E-state index in [1.54, 1.807) is 0 Å². The molecule has 2 N–H and O–H groups in total. The van der Waals surface area contributed by atoms with Crippen molar-refractivity contribution in [2.24, 2.45) is 0 Å². The monoisotopic (exact) mass is 239 g/mol. The van der Waals surface area contributed by atoms with Crippen molar-refractivity contribution in [3.8, 4) is 11.1 Å². The zero-order chi connectivity index (χ0) is 12.5. The van der Waals surface area contributed by atoms with E-state index in [0.717, 1.165) is 22.4 Å². The van der Waals surface area contributed by atoms with Gasteiger partial charge in [-0.1, -0.05) is 30.3 Å². The van der Waals surface area contributed by atoms with Crippen LogP contribution in [0.2, 0.25) is 0 Å². The molecule has 1 unspecified atom stereocenters. The van der Waals surface area contributed by atoms with Crippen LogP contribution >= 0.6 is 0 Å². The van der Waals surface area contributed by atoms with E-state index in [9.17, 15) is 9.90 Å². The molecule has 0 aromatic heterocycles. The summed E-state index contributed by atoms with van der Waals surface area (Å²) in [6.45, 7) is 0.0779. The van der Waals surface area contributed by atoms with Crippen molar-refractivity contribution < 1.29 is 9.90 Å². The van der Waals surface area contributed by atoms with Crippen molar-refractivity contribution in [2.45, 2.75) is 5.92 Å². The second kappa shape index (κ2) is 4.27. The zero-order valence-electron chi connectivity index (χ0n) is 9.76. The van der Waals surface area contributed by atoms with Gasteiger partial charge in [0, 0.05) is 11.6 Å². The van der Waals surface area contributed by atoms with Crippen molar-refractivity contribution in [1.82, 2.24) is 0 Å². The number of carbonyl (C=O) groups is 1. The predicted octanol–water partition coefficient (Wildman–Crippen LogP) is 2.36. The smallest absolute Gasteiger partial charge is 0.211 e. The lowest BCUT2D eigenvalue weighted by Crippen LogP contribution is -2.02. The maximum atomic E-state index is 10.5. The highest BCUT2D eigenvalue weighted by molar-refractivity contribution is 5.82. The summed E-state index contributed by atoms with van der Waals surface area (Å²) < 4.78 is 0. The fourth-order valence-corrected chi connectivity index (χ4v) is 2.66. The Labute approximate surface area is 105 Å². The molecule has 2 aromatic rings. The Balaban J connectivity index is 2.17. The molecule has 0 heterocycles. The Hall–Kier alpha value is -2.13. The molecular formula is C15H13NO2. The maximum Gasteiger partial charge on any atom is 0.211 e. The molecule has 3 rings (SSSR count). The average Bonchev–Trinajstić information content (AvgIpc) is 2.72. The lowest BCUT2D eigenvalue weighted by molar-refractivity contribution is -0.105. The molecule has 0 saturated carbocycles. The molecule has 3 heteroatoms. The molecule has 0 fully saturated rings. The Morgan fingerprint density at radius 2 is 1.89 bits per heavy atom. The standard InChI is InChI=1S/C15H13NO2/c17-8-15-12-4-2-1-3-11(12)13-6-5-10(16-9-18)7-14(13)15/h1-7,9,15,17H,8H2,(H,16,18). The molecular weight excluding hydrogens is 226 g/mol. The van der Waals surface area contributed by atoms with E-state index in [1.807, 2.05) is 36.4 Å². The summed E-state index contributed by atoms with van der Waals surface area (Å²) in [4.78, 5) is 10.5. The summed E-state index contributed by atoms with van der Waals surface area (Å²) in [6.07, 6.45) is 0.664. The van der Waals surface area contributed by atoms with Gasteiger partial charge in [-0.05, 0) is 34.4 Å². The molecule has 0 saturated heterocycles. The summed E-state index contributed by atoms with van der Waals surface area (Å²) >= 11 is 0. The lowest BCUT2D eigenvalue weighted by Gasteiger charge is -2.10. The molecule has 1 aliphatic rings. The van der Waals surface area contributed by atoms with Crippen LogP contribution in [0.15, 0.2) is 42.5 Å². The van der Waals surface area contributed by atoms with E-state index in [1.165, 1.54) is 5.56 Å². The van der Waals surface area contributed by atoms with Gasteiger partial charge in [-0.15, -0.1) is 0 Å². The zero-order valence-corrected chi connectivity index (χ0v) is 9.76. The van der Waals surface area contributed by atoms with E-state index in [0.29, 0.717) is 6.41 Å². The lowest BCUT2D eigenvalue weighted by atomic mass is 9.98. The SMILES string of the molecule is O=CNc1ccc2c(c1)C(CO)c1ccccc1-2. The summed E-state index contributed by atoms with van der Waals surface area (Å²) in [5, 5.41) is 12.2. The topological polar surface area (TPSA) is 49.3 Å². The van der Waals surface area contributed by atoms with E-state index in [-0.39, 0.29) is 12.5 Å². The van der Waals surface area contributed by atoms with Gasteiger partial charge < -0.3 is 10.4 Å². The van der Waals surface area contributed by atoms with Gasteiger partial charge in [-0.2, -0.15) is 0 Å². The fourth-order valence-electron chi connectivity index (χ4n) is 2.66. The van der Waals surface area contributed by atoms with Gasteiger partial charge in [0.25, 0.3) is 0 Å². The summed E-state index contributed by atoms with van der Waals surface area (Å²) in [5.74, 6) is 0.00426. The van der Waals surface area contributed by atoms with Crippen molar-refractivity contribution in [2.75, 3.05) is 11.9 Å². The van der Waals surface area contributed by atoms with Crippen molar-refractivity contribution in [1.29, 1.82) is 0 Å². The van der Waals surface area contributed by atoms with Gasteiger partial charge in [0.2, 0.25) is 6.41 Å². The largest absolute Gasteiger partial charge is 0.395 e. The first-order chi connectivity index (χ1) is 8.85. The van der Waals surface area contributed by atoms with Crippen LogP contribution in [0, 0.1) is 0 Å². The van der Waals surface area contributed by atoms with Crippen molar-refractivity contribution in [3.63, 3.8) is 0 Å². The number of rotatable bonds is 3. The molecule has 0 radical (unpaired) electrons. The molecule has 2 aromatic carbocycles. The van der Waals surface area contributed by atoms with Gasteiger partial charge in [0.1, 0.15) is 0 Å². The van der Waals surface area contributed by atoms with Crippen LogP contribution in [0.25, 0.3) is 11.1 Å². The Morgan fingerprint density at radius 1 is 1.11 bits per heavy atom. The number of carbonyl (C=O) groups excluding carboxylic acids is 1. The van der Waals surface area contributed by atoms with Crippen LogP contribution in [-0.2, 0) is 4.79 Å². The van der Waals surface area contributed by atoms with E-state index in [2.05, 4.69) is 11.4 Å². The number of anilines is 1. The van der Waals surface area contributed by atoms with Crippen molar-refractivity contribution in [3.05, 3.63) is 53.6 Å². The molecule has 1 aliphatic carbocycles. The molecule has 90 valence electrons. The molecule has 1 atom stereocenters. The van der Waals surface area contributed by atoms with Gasteiger partial charge in [-0.3, -0.25) is 4.79 Å². The van der Waals surface area contributed by atoms with Gasteiger partial charge in [0.15, 0.2) is 0 Å². The third-order valence-electron chi connectivity index (χ3n) is 3.46. The number of hydrogen-bond acceptors (Lipinski definition) is 2. The first-order valence-corrected chi connectivity index (χ1v) is 5.89. The summed E-state index contributed by atoms with van der Waals surface area (Å²) in [5.41, 5.74) is 5.30. The van der Waals surface area contributed by atoms with Crippen LogP contribution < -0.4 is 5.32 Å².